The SMILES string of the molecule is O=C(O)c1cc(NSc2cnc(-c3ccc(F)cc3)s2)n(-c2ccccc2)n1. The molecule has 4 aromatic rings. The molecule has 2 aromatic carbocycles. The minimum absolute atomic E-state index is 0.0525. The van der Waals surface area contributed by atoms with E-state index in [1.54, 1.807) is 23.0 Å². The van der Waals surface area contributed by atoms with Crippen LogP contribution in [0.3, 0.4) is 0 Å². The molecule has 2 heterocycles. The molecule has 0 saturated carbocycles. The summed E-state index contributed by atoms with van der Waals surface area (Å²) >= 11 is 2.75. The summed E-state index contributed by atoms with van der Waals surface area (Å²) in [5.74, 6) is -0.857. The summed E-state index contributed by atoms with van der Waals surface area (Å²) in [6.45, 7) is 0. The third kappa shape index (κ3) is 3.90. The number of aromatic nitrogens is 3. The Kier molecular flexibility index (Phi) is 5.09. The molecule has 0 aliphatic rings. The summed E-state index contributed by atoms with van der Waals surface area (Å²) in [4.78, 5) is 15.7. The molecule has 0 bridgehead atoms. The molecule has 4 rings (SSSR count). The Morgan fingerprint density at radius 3 is 2.61 bits per heavy atom. The monoisotopic (exact) mass is 412 g/mol. The highest BCUT2D eigenvalue weighted by Crippen LogP contribution is 2.32. The number of carboxylic acids is 1. The van der Waals surface area contributed by atoms with E-state index in [2.05, 4.69) is 14.8 Å². The van der Waals surface area contributed by atoms with E-state index in [1.807, 2.05) is 30.3 Å². The van der Waals surface area contributed by atoms with Crippen molar-refractivity contribution in [3.05, 3.63) is 78.4 Å². The molecule has 0 unspecified atom stereocenters. The third-order valence-electron chi connectivity index (χ3n) is 3.76. The topological polar surface area (TPSA) is 80.0 Å². The Morgan fingerprint density at radius 2 is 1.89 bits per heavy atom. The normalized spacial score (nSPS) is 10.8. The van der Waals surface area contributed by atoms with Gasteiger partial charge in [0.05, 0.1) is 11.9 Å². The van der Waals surface area contributed by atoms with Crippen LogP contribution in [0.25, 0.3) is 16.3 Å². The Hall–Kier alpha value is -3.17. The Morgan fingerprint density at radius 1 is 1.14 bits per heavy atom. The molecule has 140 valence electrons. The highest BCUT2D eigenvalue weighted by atomic mass is 32.2. The van der Waals surface area contributed by atoms with Gasteiger partial charge in [-0.15, -0.1) is 11.3 Å². The van der Waals surface area contributed by atoms with Crippen molar-refractivity contribution in [2.24, 2.45) is 0 Å². The number of thiazole rings is 1. The molecule has 0 fully saturated rings. The van der Waals surface area contributed by atoms with E-state index in [-0.39, 0.29) is 11.5 Å². The van der Waals surface area contributed by atoms with Crippen LogP contribution < -0.4 is 4.72 Å². The van der Waals surface area contributed by atoms with Gasteiger partial charge in [-0.2, -0.15) is 5.10 Å². The van der Waals surface area contributed by atoms with Gasteiger partial charge in [-0.1, -0.05) is 18.2 Å². The van der Waals surface area contributed by atoms with Crippen molar-refractivity contribution >= 4 is 35.1 Å². The molecule has 0 spiro atoms. The molecule has 2 N–H and O–H groups in total. The summed E-state index contributed by atoms with van der Waals surface area (Å²) in [5, 5.41) is 14.2. The zero-order valence-corrected chi connectivity index (χ0v) is 15.9. The van der Waals surface area contributed by atoms with Gasteiger partial charge in [0, 0.05) is 11.6 Å². The lowest BCUT2D eigenvalue weighted by molar-refractivity contribution is 0.0690. The van der Waals surface area contributed by atoms with Crippen molar-refractivity contribution in [2.45, 2.75) is 4.21 Å². The molecule has 0 amide bonds. The Bertz CT molecular complexity index is 1110. The second kappa shape index (κ2) is 7.83. The first-order valence-electron chi connectivity index (χ1n) is 8.13. The Labute approximate surface area is 167 Å². The maximum absolute atomic E-state index is 13.1. The van der Waals surface area contributed by atoms with E-state index in [0.29, 0.717) is 5.82 Å². The average molecular weight is 412 g/mol. The number of rotatable bonds is 6. The quantitative estimate of drug-likeness (QED) is 0.436. The zero-order valence-electron chi connectivity index (χ0n) is 14.2. The fourth-order valence-electron chi connectivity index (χ4n) is 2.46. The molecule has 0 atom stereocenters. The first-order valence-corrected chi connectivity index (χ1v) is 9.77. The van der Waals surface area contributed by atoms with E-state index in [0.717, 1.165) is 20.5 Å². The minimum Gasteiger partial charge on any atom is -0.476 e. The first kappa shape index (κ1) is 18.2. The van der Waals surface area contributed by atoms with Crippen LogP contribution in [-0.4, -0.2) is 25.8 Å². The summed E-state index contributed by atoms with van der Waals surface area (Å²) < 4.78 is 18.6. The van der Waals surface area contributed by atoms with Crippen LogP contribution in [0.2, 0.25) is 0 Å². The number of nitrogens with zero attached hydrogens (tertiary/aromatic N) is 3. The molecule has 0 aliphatic heterocycles. The van der Waals surface area contributed by atoms with E-state index < -0.39 is 5.97 Å². The Balaban J connectivity index is 1.55. The van der Waals surface area contributed by atoms with Gasteiger partial charge >= 0.3 is 5.97 Å². The number of hydrogen-bond donors (Lipinski definition) is 2. The van der Waals surface area contributed by atoms with E-state index in [1.165, 1.54) is 41.5 Å². The lowest BCUT2D eigenvalue weighted by Gasteiger charge is -2.07. The smallest absolute Gasteiger partial charge is 0.356 e. The van der Waals surface area contributed by atoms with E-state index in [4.69, 9.17) is 0 Å². The van der Waals surface area contributed by atoms with Crippen LogP contribution in [-0.2, 0) is 0 Å². The second-order valence-corrected chi connectivity index (χ2v) is 7.80. The second-order valence-electron chi connectivity index (χ2n) is 5.66. The van der Waals surface area contributed by atoms with Crippen LogP contribution in [0, 0.1) is 5.82 Å². The predicted molar refractivity (Wildman–Crippen MR) is 108 cm³/mol. The summed E-state index contributed by atoms with van der Waals surface area (Å²) in [6, 6.07) is 16.9. The fourth-order valence-corrected chi connectivity index (χ4v) is 4.10. The minimum atomic E-state index is -1.10. The van der Waals surface area contributed by atoms with Crippen molar-refractivity contribution in [3.63, 3.8) is 0 Å². The predicted octanol–water partition coefficient (Wildman–Crippen LogP) is 4.95. The molecule has 0 saturated heterocycles. The number of hydrogen-bond acceptors (Lipinski definition) is 6. The zero-order chi connectivity index (χ0) is 19.5. The summed E-state index contributed by atoms with van der Waals surface area (Å²) in [5.41, 5.74) is 1.53. The van der Waals surface area contributed by atoms with Gasteiger partial charge in [-0.25, -0.2) is 18.9 Å². The number of para-hydroxylation sites is 1. The molecule has 28 heavy (non-hydrogen) atoms. The maximum atomic E-state index is 13.1. The number of benzene rings is 2. The molecular weight excluding hydrogens is 399 g/mol. The molecule has 0 radical (unpaired) electrons. The maximum Gasteiger partial charge on any atom is 0.356 e. The van der Waals surface area contributed by atoms with E-state index >= 15 is 0 Å². The van der Waals surface area contributed by atoms with Crippen LogP contribution in [0.4, 0.5) is 10.2 Å². The average Bonchev–Trinajstić information content (AvgIpc) is 3.35. The lowest BCUT2D eigenvalue weighted by Crippen LogP contribution is -2.02. The van der Waals surface area contributed by atoms with Gasteiger partial charge in [0.15, 0.2) is 5.69 Å². The fraction of sp³-hybridized carbons (Fsp3) is 0. The van der Waals surface area contributed by atoms with Crippen molar-refractivity contribution in [2.75, 3.05) is 4.72 Å². The molecular formula is C19H13FN4O2S2. The van der Waals surface area contributed by atoms with Gasteiger partial charge in [0.1, 0.15) is 20.9 Å². The van der Waals surface area contributed by atoms with Crippen LogP contribution >= 0.6 is 23.3 Å². The van der Waals surface area contributed by atoms with Gasteiger partial charge in [-0.05, 0) is 48.3 Å². The first-order chi connectivity index (χ1) is 13.6. The van der Waals surface area contributed by atoms with Crippen molar-refractivity contribution in [1.82, 2.24) is 14.8 Å². The molecule has 9 heteroatoms. The van der Waals surface area contributed by atoms with Crippen molar-refractivity contribution in [1.29, 1.82) is 0 Å². The van der Waals surface area contributed by atoms with Gasteiger partial charge < -0.3 is 9.83 Å². The van der Waals surface area contributed by atoms with Crippen molar-refractivity contribution < 1.29 is 14.3 Å². The number of nitrogens with one attached hydrogen (secondary N) is 1. The third-order valence-corrected chi connectivity index (χ3v) is 5.72. The van der Waals surface area contributed by atoms with E-state index in [9.17, 15) is 14.3 Å². The summed E-state index contributed by atoms with van der Waals surface area (Å²) in [7, 11) is 0. The number of carbonyl (C=O) groups is 1. The number of carboxylic acid groups (broad SMARTS) is 1. The largest absolute Gasteiger partial charge is 0.476 e. The number of aromatic carboxylic acids is 1. The van der Waals surface area contributed by atoms with Gasteiger partial charge in [0.2, 0.25) is 0 Å². The van der Waals surface area contributed by atoms with Crippen molar-refractivity contribution in [3.8, 4) is 16.3 Å². The summed E-state index contributed by atoms with van der Waals surface area (Å²) in [6.07, 6.45) is 1.71. The van der Waals surface area contributed by atoms with Crippen LogP contribution in [0.1, 0.15) is 10.5 Å². The standard InChI is InChI=1S/C19H13FN4O2S2/c20-13-8-6-12(7-9-13)18-21-11-17(27-18)28-23-16-10-15(19(25)26)22-24(16)14-4-2-1-3-5-14/h1-11,23H,(H,25,26). The molecule has 2 aromatic heterocycles. The van der Waals surface area contributed by atoms with Crippen LogP contribution in [0.15, 0.2) is 71.1 Å². The molecule has 6 nitrogen and oxygen atoms in total. The van der Waals surface area contributed by atoms with Gasteiger partial charge in [0.25, 0.3) is 0 Å². The highest BCUT2D eigenvalue weighted by molar-refractivity contribution is 8.02. The molecule has 0 aliphatic carbocycles. The lowest BCUT2D eigenvalue weighted by atomic mass is 10.2. The number of anilines is 1. The van der Waals surface area contributed by atoms with Crippen LogP contribution in [0.5, 0.6) is 0 Å². The number of halogens is 1. The highest BCUT2D eigenvalue weighted by Gasteiger charge is 2.15. The van der Waals surface area contributed by atoms with Gasteiger partial charge in [-0.3, -0.25) is 0 Å².